The van der Waals surface area contributed by atoms with Gasteiger partial charge >= 0.3 is 5.91 Å². The van der Waals surface area contributed by atoms with Gasteiger partial charge in [0.2, 0.25) is 0 Å². The number of carbonyl (C=O) groups is 1. The van der Waals surface area contributed by atoms with Gasteiger partial charge in [0.25, 0.3) is 5.89 Å². The number of hydrogen-bond donors (Lipinski definition) is 3. The number of ether oxygens (including phenoxy) is 1. The molecule has 1 saturated heterocycles. The second-order valence-corrected chi connectivity index (χ2v) is 5.67. The van der Waals surface area contributed by atoms with Crippen molar-refractivity contribution in [3.8, 4) is 0 Å². The number of para-hydroxylation sites is 2. The van der Waals surface area contributed by atoms with E-state index in [2.05, 4.69) is 15.6 Å². The molecule has 0 aliphatic carbocycles. The van der Waals surface area contributed by atoms with Gasteiger partial charge in [-0.15, -0.1) is 0 Å². The molecule has 1 aromatic heterocycles. The number of oxazole rings is 1. The SMILES string of the molecule is C[C@@H]1COC[C@@](CO)(CNC(=O)c2nc3ccccc3o2)N1. The summed E-state index contributed by atoms with van der Waals surface area (Å²) in [7, 11) is 0. The number of amides is 1. The molecule has 0 unspecified atom stereocenters. The number of hydrogen-bond acceptors (Lipinski definition) is 6. The van der Waals surface area contributed by atoms with Crippen molar-refractivity contribution in [2.45, 2.75) is 18.5 Å². The van der Waals surface area contributed by atoms with Gasteiger partial charge in [0, 0.05) is 12.6 Å². The van der Waals surface area contributed by atoms with E-state index in [0.29, 0.717) is 24.3 Å². The molecule has 22 heavy (non-hydrogen) atoms. The molecule has 0 saturated carbocycles. The number of aliphatic hydroxyl groups excluding tert-OH is 1. The highest BCUT2D eigenvalue weighted by molar-refractivity contribution is 5.92. The van der Waals surface area contributed by atoms with E-state index in [9.17, 15) is 9.90 Å². The first-order chi connectivity index (χ1) is 10.6. The summed E-state index contributed by atoms with van der Waals surface area (Å²) in [6.45, 7) is 2.98. The lowest BCUT2D eigenvalue weighted by Crippen LogP contribution is -2.65. The molecule has 2 aromatic rings. The molecule has 3 rings (SSSR count). The van der Waals surface area contributed by atoms with Crippen LogP contribution >= 0.6 is 0 Å². The number of morpholine rings is 1. The van der Waals surface area contributed by atoms with Gasteiger partial charge in [0.15, 0.2) is 5.58 Å². The van der Waals surface area contributed by atoms with Crippen LogP contribution in [0.25, 0.3) is 11.1 Å². The number of carbonyl (C=O) groups excluding carboxylic acids is 1. The molecule has 0 spiro atoms. The highest BCUT2D eigenvalue weighted by Gasteiger charge is 2.35. The van der Waals surface area contributed by atoms with Gasteiger partial charge in [-0.2, -0.15) is 0 Å². The summed E-state index contributed by atoms with van der Waals surface area (Å²) in [4.78, 5) is 16.3. The Bertz CT molecular complexity index is 639. The smallest absolute Gasteiger partial charge is 0.307 e. The Morgan fingerprint density at radius 2 is 2.36 bits per heavy atom. The van der Waals surface area contributed by atoms with Gasteiger partial charge in [0.05, 0.1) is 25.4 Å². The van der Waals surface area contributed by atoms with E-state index in [-0.39, 0.29) is 25.1 Å². The molecule has 2 atom stereocenters. The zero-order chi connectivity index (χ0) is 15.6. The van der Waals surface area contributed by atoms with Crippen LogP contribution in [0.1, 0.15) is 17.6 Å². The summed E-state index contributed by atoms with van der Waals surface area (Å²) < 4.78 is 10.9. The van der Waals surface area contributed by atoms with Gasteiger partial charge in [-0.3, -0.25) is 4.79 Å². The van der Waals surface area contributed by atoms with Crippen LogP contribution in [0, 0.1) is 0 Å². The van der Waals surface area contributed by atoms with Crippen LogP contribution in [0.4, 0.5) is 0 Å². The summed E-state index contributed by atoms with van der Waals surface area (Å²) >= 11 is 0. The van der Waals surface area contributed by atoms with E-state index in [1.807, 2.05) is 19.1 Å². The number of rotatable bonds is 4. The van der Waals surface area contributed by atoms with Crippen molar-refractivity contribution >= 4 is 17.0 Å². The van der Waals surface area contributed by atoms with Crippen molar-refractivity contribution in [1.82, 2.24) is 15.6 Å². The lowest BCUT2D eigenvalue weighted by atomic mass is 9.99. The Kier molecular flexibility index (Phi) is 4.10. The molecule has 1 aromatic carbocycles. The minimum absolute atomic E-state index is 0.0130. The maximum atomic E-state index is 12.2. The molecular formula is C15H19N3O4. The fourth-order valence-electron chi connectivity index (χ4n) is 2.58. The number of aliphatic hydroxyl groups is 1. The van der Waals surface area contributed by atoms with Gasteiger partial charge in [0.1, 0.15) is 5.52 Å². The lowest BCUT2D eigenvalue weighted by Gasteiger charge is -2.39. The molecule has 0 radical (unpaired) electrons. The van der Waals surface area contributed by atoms with Crippen LogP contribution in [0.3, 0.4) is 0 Å². The van der Waals surface area contributed by atoms with Crippen molar-refractivity contribution in [3.63, 3.8) is 0 Å². The Morgan fingerprint density at radius 3 is 3.09 bits per heavy atom. The van der Waals surface area contributed by atoms with Gasteiger partial charge < -0.3 is 24.9 Å². The summed E-state index contributed by atoms with van der Waals surface area (Å²) in [6.07, 6.45) is 0. The number of fused-ring (bicyclic) bond motifs is 1. The maximum Gasteiger partial charge on any atom is 0.307 e. The minimum atomic E-state index is -0.681. The minimum Gasteiger partial charge on any atom is -0.432 e. The highest BCUT2D eigenvalue weighted by Crippen LogP contribution is 2.15. The summed E-state index contributed by atoms with van der Waals surface area (Å²) in [6, 6.07) is 7.30. The molecule has 1 aliphatic rings. The average molecular weight is 305 g/mol. The van der Waals surface area contributed by atoms with E-state index in [1.165, 1.54) is 0 Å². The number of nitrogens with one attached hydrogen (secondary N) is 2. The lowest BCUT2D eigenvalue weighted by molar-refractivity contribution is -0.0206. The Morgan fingerprint density at radius 1 is 1.55 bits per heavy atom. The van der Waals surface area contributed by atoms with Crippen molar-refractivity contribution in [2.75, 3.05) is 26.4 Å². The zero-order valence-electron chi connectivity index (χ0n) is 12.3. The third-order valence-electron chi connectivity index (χ3n) is 3.68. The van der Waals surface area contributed by atoms with Gasteiger partial charge in [-0.05, 0) is 19.1 Å². The van der Waals surface area contributed by atoms with Gasteiger partial charge in [-0.25, -0.2) is 4.98 Å². The van der Waals surface area contributed by atoms with Crippen LogP contribution in [0.2, 0.25) is 0 Å². The molecule has 1 aliphatic heterocycles. The molecule has 118 valence electrons. The third-order valence-corrected chi connectivity index (χ3v) is 3.68. The van der Waals surface area contributed by atoms with Crippen LogP contribution in [-0.4, -0.2) is 53.9 Å². The van der Waals surface area contributed by atoms with E-state index in [1.54, 1.807) is 12.1 Å². The van der Waals surface area contributed by atoms with Crippen LogP contribution in [-0.2, 0) is 4.74 Å². The number of benzene rings is 1. The summed E-state index contributed by atoms with van der Waals surface area (Å²) in [5.74, 6) is -0.400. The predicted octanol–water partition coefficient (Wildman–Crippen LogP) is 0.297. The first kappa shape index (κ1) is 15.0. The summed E-state index contributed by atoms with van der Waals surface area (Å²) in [5, 5.41) is 15.6. The van der Waals surface area contributed by atoms with E-state index in [4.69, 9.17) is 9.15 Å². The van der Waals surface area contributed by atoms with E-state index in [0.717, 1.165) is 0 Å². The molecule has 0 bridgehead atoms. The standard InChI is InChI=1S/C15H19N3O4/c1-10-6-21-9-15(8-19,18-10)7-16-13(20)14-17-11-4-2-3-5-12(11)22-14/h2-5,10,18-19H,6-9H2,1H3,(H,16,20)/t10-,15+/m1/s1. The van der Waals surface area contributed by atoms with Crippen LogP contribution < -0.4 is 10.6 Å². The van der Waals surface area contributed by atoms with Crippen molar-refractivity contribution in [1.29, 1.82) is 0 Å². The molecule has 1 amide bonds. The number of aromatic nitrogens is 1. The first-order valence-corrected chi connectivity index (χ1v) is 7.22. The largest absolute Gasteiger partial charge is 0.432 e. The summed E-state index contributed by atoms with van der Waals surface area (Å²) in [5.41, 5.74) is 0.522. The monoisotopic (exact) mass is 305 g/mol. The fourth-order valence-corrected chi connectivity index (χ4v) is 2.58. The molecule has 7 nitrogen and oxygen atoms in total. The van der Waals surface area contributed by atoms with Crippen molar-refractivity contribution in [2.24, 2.45) is 0 Å². The molecule has 3 N–H and O–H groups in total. The Hall–Kier alpha value is -1.96. The van der Waals surface area contributed by atoms with E-state index < -0.39 is 11.4 Å². The molecule has 1 fully saturated rings. The third kappa shape index (κ3) is 2.96. The fraction of sp³-hybridized carbons (Fsp3) is 0.467. The first-order valence-electron chi connectivity index (χ1n) is 7.22. The highest BCUT2D eigenvalue weighted by atomic mass is 16.5. The topological polar surface area (TPSA) is 96.6 Å². The van der Waals surface area contributed by atoms with E-state index >= 15 is 0 Å². The molecular weight excluding hydrogens is 286 g/mol. The zero-order valence-corrected chi connectivity index (χ0v) is 12.3. The quantitative estimate of drug-likeness (QED) is 0.751. The number of nitrogens with zero attached hydrogens (tertiary/aromatic N) is 1. The predicted molar refractivity (Wildman–Crippen MR) is 79.6 cm³/mol. The Balaban J connectivity index is 1.68. The van der Waals surface area contributed by atoms with Crippen molar-refractivity contribution < 1.29 is 19.1 Å². The normalized spacial score (nSPS) is 25.3. The second-order valence-electron chi connectivity index (χ2n) is 5.67. The second kappa shape index (κ2) is 6.04. The average Bonchev–Trinajstić information content (AvgIpc) is 2.97. The molecule has 2 heterocycles. The Labute approximate surface area is 127 Å². The van der Waals surface area contributed by atoms with Crippen LogP contribution in [0.5, 0.6) is 0 Å². The van der Waals surface area contributed by atoms with Crippen molar-refractivity contribution in [3.05, 3.63) is 30.2 Å². The molecule has 7 heteroatoms. The maximum absolute atomic E-state index is 12.2. The van der Waals surface area contributed by atoms with Crippen LogP contribution in [0.15, 0.2) is 28.7 Å². The van der Waals surface area contributed by atoms with Gasteiger partial charge in [-0.1, -0.05) is 12.1 Å².